The summed E-state index contributed by atoms with van der Waals surface area (Å²) in [7, 11) is 0. The molecule has 2 heteroatoms. The zero-order chi connectivity index (χ0) is 10.6. The average molecular weight is 224 g/mol. The predicted molar refractivity (Wildman–Crippen MR) is 68.6 cm³/mol. The van der Waals surface area contributed by atoms with E-state index >= 15 is 0 Å². The topological polar surface area (TPSA) is 0 Å². The largest absolute Gasteiger partial charge is 0.130 e. The molecule has 0 nitrogen and oxygen atoms in total. The van der Waals surface area contributed by atoms with E-state index in [9.17, 15) is 0 Å². The summed E-state index contributed by atoms with van der Waals surface area (Å²) in [5.74, 6) is 0.438. The predicted octanol–water partition coefficient (Wildman–Crippen LogP) is 4.42. The van der Waals surface area contributed by atoms with E-state index in [0.29, 0.717) is 5.92 Å². The Hall–Kier alpha value is -0.340. The van der Waals surface area contributed by atoms with E-state index < -0.39 is 0 Å². The van der Waals surface area contributed by atoms with Crippen LogP contribution in [0, 0.1) is 0 Å². The lowest BCUT2D eigenvalue weighted by atomic mass is 10.0. The van der Waals surface area contributed by atoms with E-state index in [1.54, 1.807) is 23.5 Å². The van der Waals surface area contributed by atoms with Gasteiger partial charge >= 0.3 is 0 Å². The molecule has 0 amide bonds. The Balaban J connectivity index is 3.09. The first kappa shape index (κ1) is 11.7. The molecule has 1 unspecified atom stereocenters. The van der Waals surface area contributed by atoms with Crippen molar-refractivity contribution < 1.29 is 0 Å². The van der Waals surface area contributed by atoms with E-state index in [2.05, 4.69) is 44.2 Å². The number of benzene rings is 1. The molecule has 0 spiro atoms. The first-order chi connectivity index (χ1) is 6.71. The molecule has 1 aromatic carbocycles. The molecule has 76 valence electrons. The second kappa shape index (κ2) is 5.52. The molecule has 1 rings (SSSR count). The molecule has 0 fully saturated rings. The maximum atomic E-state index is 3.83. The molecular weight excluding hydrogens is 208 g/mol. The lowest BCUT2D eigenvalue weighted by Gasteiger charge is -2.10. The van der Waals surface area contributed by atoms with Gasteiger partial charge in [0.05, 0.1) is 0 Å². The highest BCUT2D eigenvalue weighted by molar-refractivity contribution is 7.99. The van der Waals surface area contributed by atoms with Gasteiger partial charge in [0.2, 0.25) is 0 Å². The van der Waals surface area contributed by atoms with Crippen molar-refractivity contribution in [2.75, 3.05) is 12.5 Å². The maximum absolute atomic E-state index is 3.83. The van der Waals surface area contributed by atoms with Crippen LogP contribution in [0.15, 0.2) is 40.6 Å². The van der Waals surface area contributed by atoms with Crippen molar-refractivity contribution in [3.8, 4) is 0 Å². The Morgan fingerprint density at radius 1 is 1.14 bits per heavy atom. The number of rotatable bonds is 4. The van der Waals surface area contributed by atoms with Crippen molar-refractivity contribution in [1.82, 2.24) is 0 Å². The van der Waals surface area contributed by atoms with Gasteiger partial charge < -0.3 is 0 Å². The summed E-state index contributed by atoms with van der Waals surface area (Å²) in [6.07, 6.45) is 6.22. The van der Waals surface area contributed by atoms with Crippen LogP contribution in [0.2, 0.25) is 0 Å². The van der Waals surface area contributed by atoms with Crippen LogP contribution in [0.3, 0.4) is 0 Å². The molecule has 0 aliphatic rings. The van der Waals surface area contributed by atoms with Crippen LogP contribution >= 0.6 is 23.5 Å². The van der Waals surface area contributed by atoms with Gasteiger partial charge in [0.25, 0.3) is 0 Å². The fourth-order valence-corrected chi connectivity index (χ4v) is 2.30. The van der Waals surface area contributed by atoms with Crippen LogP contribution < -0.4 is 0 Å². The van der Waals surface area contributed by atoms with Gasteiger partial charge in [-0.15, -0.1) is 30.1 Å². The molecule has 0 aliphatic heterocycles. The third kappa shape index (κ3) is 2.82. The number of allylic oxidation sites excluding steroid dienone is 1. The Morgan fingerprint density at radius 2 is 1.64 bits per heavy atom. The molecule has 1 atom stereocenters. The summed E-state index contributed by atoms with van der Waals surface area (Å²) >= 11 is 3.59. The number of hydrogen-bond donors (Lipinski definition) is 0. The number of hydrogen-bond acceptors (Lipinski definition) is 2. The van der Waals surface area contributed by atoms with Gasteiger partial charge in [-0.2, -0.15) is 0 Å². The van der Waals surface area contributed by atoms with Gasteiger partial charge in [-0.3, -0.25) is 0 Å². The van der Waals surface area contributed by atoms with Crippen molar-refractivity contribution in [3.05, 3.63) is 36.4 Å². The minimum absolute atomic E-state index is 0.438. The van der Waals surface area contributed by atoms with E-state index in [-0.39, 0.29) is 0 Å². The van der Waals surface area contributed by atoms with E-state index in [0.717, 1.165) is 0 Å². The second-order valence-corrected chi connectivity index (χ2v) is 4.93. The quantitative estimate of drug-likeness (QED) is 0.548. The third-order valence-electron chi connectivity index (χ3n) is 2.25. The summed E-state index contributed by atoms with van der Waals surface area (Å²) in [6.45, 7) is 6.01. The van der Waals surface area contributed by atoms with Gasteiger partial charge in [-0.25, -0.2) is 0 Å². The number of thioether (sulfide) groups is 2. The zero-order valence-corrected chi connectivity index (χ0v) is 10.5. The monoisotopic (exact) mass is 224 g/mol. The van der Waals surface area contributed by atoms with Crippen LogP contribution in [0.5, 0.6) is 0 Å². The molecule has 0 N–H and O–H groups in total. The molecule has 0 radical (unpaired) electrons. The van der Waals surface area contributed by atoms with Crippen LogP contribution in [0.25, 0.3) is 0 Å². The van der Waals surface area contributed by atoms with Gasteiger partial charge in [0, 0.05) is 9.79 Å². The highest BCUT2D eigenvalue weighted by Gasteiger charge is 2.04. The summed E-state index contributed by atoms with van der Waals surface area (Å²) in [5, 5.41) is 0. The van der Waals surface area contributed by atoms with E-state index in [4.69, 9.17) is 0 Å². The summed E-state index contributed by atoms with van der Waals surface area (Å²) in [4.78, 5) is 2.67. The van der Waals surface area contributed by atoms with Crippen molar-refractivity contribution in [2.24, 2.45) is 0 Å². The first-order valence-electron chi connectivity index (χ1n) is 4.56. The molecule has 0 saturated carbocycles. The van der Waals surface area contributed by atoms with Crippen LogP contribution in [0.1, 0.15) is 18.4 Å². The van der Waals surface area contributed by atoms with Gasteiger partial charge in [0.1, 0.15) is 0 Å². The van der Waals surface area contributed by atoms with Crippen molar-refractivity contribution in [2.45, 2.75) is 22.6 Å². The van der Waals surface area contributed by atoms with Crippen LogP contribution in [-0.4, -0.2) is 12.5 Å². The maximum Gasteiger partial charge on any atom is 0.00832 e. The molecule has 0 aliphatic carbocycles. The molecule has 0 aromatic heterocycles. The van der Waals surface area contributed by atoms with Crippen molar-refractivity contribution in [1.29, 1.82) is 0 Å². The second-order valence-electron chi connectivity index (χ2n) is 3.17. The Kier molecular flexibility index (Phi) is 4.63. The van der Waals surface area contributed by atoms with E-state index in [1.165, 1.54) is 15.4 Å². The van der Waals surface area contributed by atoms with Gasteiger partial charge in [-0.05, 0) is 42.2 Å². The summed E-state index contributed by atoms with van der Waals surface area (Å²) < 4.78 is 0. The molecule has 0 heterocycles. The molecular formula is C12H16S2. The third-order valence-corrected chi connectivity index (χ3v) is 3.67. The molecule has 0 bridgehead atoms. The molecule has 1 aromatic rings. The summed E-state index contributed by atoms with van der Waals surface area (Å²) in [5.41, 5.74) is 1.36. The SMILES string of the molecule is C=CC(C)c1cc(SC)cc(SC)c1. The molecule has 14 heavy (non-hydrogen) atoms. The minimum Gasteiger partial charge on any atom is -0.130 e. The van der Waals surface area contributed by atoms with Crippen molar-refractivity contribution >= 4 is 23.5 Å². The summed E-state index contributed by atoms with van der Waals surface area (Å²) in [6, 6.07) is 6.72. The minimum atomic E-state index is 0.438. The smallest absolute Gasteiger partial charge is 0.00832 e. The average Bonchev–Trinajstić information content (AvgIpc) is 2.27. The van der Waals surface area contributed by atoms with E-state index in [1.807, 2.05) is 6.08 Å². The Labute approximate surface area is 95.2 Å². The highest BCUT2D eigenvalue weighted by atomic mass is 32.2. The molecule has 0 saturated heterocycles. The van der Waals surface area contributed by atoms with Gasteiger partial charge in [0.15, 0.2) is 0 Å². The Bertz CT molecular complexity index is 296. The van der Waals surface area contributed by atoms with Crippen LogP contribution in [-0.2, 0) is 0 Å². The van der Waals surface area contributed by atoms with Crippen LogP contribution in [0.4, 0.5) is 0 Å². The highest BCUT2D eigenvalue weighted by Crippen LogP contribution is 2.28. The fourth-order valence-electron chi connectivity index (χ4n) is 1.23. The standard InChI is InChI=1S/C12H16S2/c1-5-9(2)10-6-11(13-3)8-12(7-10)14-4/h5-9H,1H2,2-4H3. The zero-order valence-electron chi connectivity index (χ0n) is 8.91. The van der Waals surface area contributed by atoms with Gasteiger partial charge in [-0.1, -0.05) is 13.0 Å². The normalized spacial score (nSPS) is 12.5. The van der Waals surface area contributed by atoms with Crippen molar-refractivity contribution in [3.63, 3.8) is 0 Å². The lowest BCUT2D eigenvalue weighted by Crippen LogP contribution is -1.89. The first-order valence-corrected chi connectivity index (χ1v) is 7.01. The lowest BCUT2D eigenvalue weighted by molar-refractivity contribution is 0.954. The Morgan fingerprint density at radius 3 is 2.00 bits per heavy atom. The fraction of sp³-hybridized carbons (Fsp3) is 0.333.